The van der Waals surface area contributed by atoms with E-state index in [0.717, 1.165) is 74.9 Å². The highest BCUT2D eigenvalue weighted by Gasteiger charge is 2.32. The first-order chi connectivity index (χ1) is 16.9. The maximum absolute atomic E-state index is 6.31. The number of nitrogens with zero attached hydrogens (tertiary/aromatic N) is 5. The normalized spacial score (nSPS) is 30.2. The van der Waals surface area contributed by atoms with Crippen LogP contribution in [0.15, 0.2) is 58.2 Å². The Labute approximate surface area is 219 Å². The van der Waals surface area contributed by atoms with Crippen LogP contribution in [0.2, 0.25) is 5.02 Å². The van der Waals surface area contributed by atoms with E-state index in [4.69, 9.17) is 33.2 Å². The summed E-state index contributed by atoms with van der Waals surface area (Å²) in [7, 11) is 0. The van der Waals surface area contributed by atoms with Crippen LogP contribution in [0.4, 0.5) is 0 Å². The summed E-state index contributed by atoms with van der Waals surface area (Å²) in [6.45, 7) is 12.6. The van der Waals surface area contributed by atoms with Crippen LogP contribution in [0.5, 0.6) is 0 Å². The molecule has 0 spiro atoms. The molecule has 5 rings (SSSR count). The molecule has 1 aromatic rings. The first-order valence-corrected chi connectivity index (χ1v) is 13.7. The molecule has 0 aromatic heterocycles. The van der Waals surface area contributed by atoms with Gasteiger partial charge in [-0.05, 0) is 36.1 Å². The number of alkyl halides is 1. The molecule has 4 aliphatic rings. The third-order valence-electron chi connectivity index (χ3n) is 7.56. The number of benzene rings is 1. The monoisotopic (exact) mass is 514 g/mol. The van der Waals surface area contributed by atoms with Crippen LogP contribution in [-0.2, 0) is 6.54 Å². The number of hydrogen-bond donors (Lipinski definition) is 1. The molecule has 0 bridgehead atoms. The van der Waals surface area contributed by atoms with Gasteiger partial charge in [0.25, 0.3) is 0 Å². The van der Waals surface area contributed by atoms with Crippen molar-refractivity contribution in [1.82, 2.24) is 20.0 Å². The van der Waals surface area contributed by atoms with E-state index >= 15 is 0 Å². The van der Waals surface area contributed by atoms with Gasteiger partial charge in [-0.25, -0.2) is 0 Å². The van der Waals surface area contributed by atoms with Gasteiger partial charge >= 0.3 is 0 Å². The Hall–Kier alpha value is -1.86. The van der Waals surface area contributed by atoms with Crippen LogP contribution < -0.4 is 5.32 Å². The van der Waals surface area contributed by atoms with E-state index in [1.807, 2.05) is 12.1 Å². The van der Waals surface area contributed by atoms with Crippen molar-refractivity contribution in [2.45, 2.75) is 38.2 Å². The smallest absolute Gasteiger partial charge is 0.222 e. The van der Waals surface area contributed by atoms with Crippen LogP contribution >= 0.6 is 23.2 Å². The van der Waals surface area contributed by atoms with E-state index in [1.165, 1.54) is 12.0 Å². The quantitative estimate of drug-likeness (QED) is 0.610. The molecule has 1 N–H and O–H groups in total. The van der Waals surface area contributed by atoms with Gasteiger partial charge in [0, 0.05) is 68.5 Å². The lowest BCUT2D eigenvalue weighted by Gasteiger charge is -2.38. The fourth-order valence-corrected chi connectivity index (χ4v) is 5.54. The summed E-state index contributed by atoms with van der Waals surface area (Å²) in [5, 5.41) is 4.41. The second kappa shape index (κ2) is 11.0. The summed E-state index contributed by atoms with van der Waals surface area (Å²) < 4.78 is 0. The summed E-state index contributed by atoms with van der Waals surface area (Å²) in [5.74, 6) is 2.48. The molecule has 0 amide bonds. The zero-order valence-corrected chi connectivity index (χ0v) is 22.2. The third-order valence-corrected chi connectivity index (χ3v) is 8.35. The zero-order valence-electron chi connectivity index (χ0n) is 20.7. The van der Waals surface area contributed by atoms with Gasteiger partial charge in [-0.2, -0.15) is 4.99 Å². The van der Waals surface area contributed by atoms with Gasteiger partial charge in [-0.15, -0.1) is 11.6 Å². The van der Waals surface area contributed by atoms with Crippen molar-refractivity contribution in [1.29, 1.82) is 0 Å². The minimum atomic E-state index is 0.0595. The van der Waals surface area contributed by atoms with Crippen molar-refractivity contribution < 1.29 is 0 Å². The topological polar surface area (TPSA) is 46.5 Å². The zero-order chi connectivity index (χ0) is 24.4. The fraction of sp³-hybridized carbons (Fsp3) is 0.556. The van der Waals surface area contributed by atoms with Crippen LogP contribution in [0.1, 0.15) is 25.8 Å². The van der Waals surface area contributed by atoms with Gasteiger partial charge in [-0.3, -0.25) is 14.8 Å². The number of halogens is 2. The predicted molar refractivity (Wildman–Crippen MR) is 146 cm³/mol. The molecule has 1 aromatic carbocycles. The molecule has 8 heteroatoms. The first-order valence-electron chi connectivity index (χ1n) is 12.8. The lowest BCUT2D eigenvalue weighted by atomic mass is 10.0. The van der Waals surface area contributed by atoms with Crippen LogP contribution in [-0.4, -0.2) is 83.7 Å². The van der Waals surface area contributed by atoms with Crippen molar-refractivity contribution >= 4 is 35.0 Å². The van der Waals surface area contributed by atoms with Gasteiger partial charge < -0.3 is 10.2 Å². The number of nitrogens with one attached hydrogen (secondary N) is 1. The van der Waals surface area contributed by atoms with Crippen molar-refractivity contribution in [3.05, 3.63) is 58.8 Å². The molecule has 188 valence electrons. The highest BCUT2D eigenvalue weighted by Crippen LogP contribution is 2.23. The number of piperazine rings is 1. The Morgan fingerprint density at radius 3 is 2.57 bits per heavy atom. The van der Waals surface area contributed by atoms with Crippen molar-refractivity contribution in [2.75, 3.05) is 45.8 Å². The van der Waals surface area contributed by atoms with Crippen LogP contribution in [0.3, 0.4) is 0 Å². The molecule has 35 heavy (non-hydrogen) atoms. The maximum Gasteiger partial charge on any atom is 0.222 e. The second-order valence-electron chi connectivity index (χ2n) is 10.3. The average molecular weight is 516 g/mol. The van der Waals surface area contributed by atoms with Crippen LogP contribution in [0.25, 0.3) is 0 Å². The number of allylic oxidation sites excluding steroid dienone is 3. The molecular formula is C27H36Cl2N6. The highest BCUT2D eigenvalue weighted by atomic mass is 35.5. The molecule has 0 saturated carbocycles. The van der Waals surface area contributed by atoms with Crippen molar-refractivity contribution in [2.24, 2.45) is 21.8 Å². The number of guanidine groups is 1. The number of aliphatic imine (C=N–C) groups is 2. The minimum absolute atomic E-state index is 0.0595. The summed E-state index contributed by atoms with van der Waals surface area (Å²) in [5.41, 5.74) is 2.41. The lowest BCUT2D eigenvalue weighted by Crippen LogP contribution is -2.51. The van der Waals surface area contributed by atoms with E-state index in [2.05, 4.69) is 64.2 Å². The van der Waals surface area contributed by atoms with E-state index in [1.54, 1.807) is 0 Å². The molecule has 1 aliphatic carbocycles. The molecule has 3 heterocycles. The molecular weight excluding hydrogens is 479 g/mol. The minimum Gasteiger partial charge on any atom is -0.344 e. The summed E-state index contributed by atoms with van der Waals surface area (Å²) >= 11 is 12.3. The number of likely N-dealkylation sites (tertiary alicyclic amines) is 1. The average Bonchev–Trinajstić information content (AvgIpc) is 3.35. The Kier molecular flexibility index (Phi) is 7.83. The van der Waals surface area contributed by atoms with Gasteiger partial charge in [-0.1, -0.05) is 49.7 Å². The lowest BCUT2D eigenvalue weighted by molar-refractivity contribution is 0.0959. The summed E-state index contributed by atoms with van der Waals surface area (Å²) in [6, 6.07) is 8.81. The standard InChI is InChI=1S/C27H36Cl2N6/c1-19-15-23(7-8-25(19)29)31-26-20(2)16-30-27(32-26)35-10-9-24(18-35)34-13-11-33(12-14-34)17-21-3-5-22(28)6-4-21/h3-8,15,19-20,24-25H,9-14,16-18H2,1-2H3,(H,30,31,32). The van der Waals surface area contributed by atoms with E-state index < -0.39 is 0 Å². The Morgan fingerprint density at radius 1 is 1.06 bits per heavy atom. The molecule has 6 nitrogen and oxygen atoms in total. The number of hydrogen-bond acceptors (Lipinski definition) is 6. The highest BCUT2D eigenvalue weighted by molar-refractivity contribution is 6.30. The first kappa shape index (κ1) is 24.8. The van der Waals surface area contributed by atoms with Gasteiger partial charge in [0.1, 0.15) is 5.84 Å². The summed E-state index contributed by atoms with van der Waals surface area (Å²) in [4.78, 5) is 17.4. The number of rotatable bonds is 4. The second-order valence-corrected chi connectivity index (χ2v) is 11.2. The molecule has 0 radical (unpaired) electrons. The largest absolute Gasteiger partial charge is 0.344 e. The molecule has 2 saturated heterocycles. The molecule has 3 aliphatic heterocycles. The number of amidine groups is 1. The van der Waals surface area contributed by atoms with E-state index in [-0.39, 0.29) is 11.3 Å². The Morgan fingerprint density at radius 2 is 1.83 bits per heavy atom. The van der Waals surface area contributed by atoms with Crippen molar-refractivity contribution in [3.8, 4) is 0 Å². The Balaban J connectivity index is 1.13. The fourth-order valence-electron chi connectivity index (χ4n) is 5.27. The molecule has 2 fully saturated rings. The SMILES string of the molecule is CC1CN=C(N2CCC(N3CCN(Cc4ccc(Cl)cc4)CC3)C2)N=C1NC1=CC(C)C(Cl)C=C1. The van der Waals surface area contributed by atoms with E-state index in [0.29, 0.717) is 12.0 Å². The molecule has 4 atom stereocenters. The molecule has 4 unspecified atom stereocenters. The Bertz CT molecular complexity index is 1010. The summed E-state index contributed by atoms with van der Waals surface area (Å²) in [6.07, 6.45) is 7.48. The van der Waals surface area contributed by atoms with Gasteiger partial charge in [0.2, 0.25) is 5.96 Å². The van der Waals surface area contributed by atoms with Gasteiger partial charge in [0.15, 0.2) is 0 Å². The third kappa shape index (κ3) is 6.11. The van der Waals surface area contributed by atoms with E-state index in [9.17, 15) is 0 Å². The van der Waals surface area contributed by atoms with Crippen molar-refractivity contribution in [3.63, 3.8) is 0 Å². The van der Waals surface area contributed by atoms with Gasteiger partial charge in [0.05, 0.1) is 11.9 Å². The van der Waals surface area contributed by atoms with Crippen LogP contribution in [0, 0.1) is 11.8 Å². The maximum atomic E-state index is 6.31. The predicted octanol–water partition coefficient (Wildman–Crippen LogP) is 4.22.